The number of hydrogen-bond acceptors (Lipinski definition) is 4. The summed E-state index contributed by atoms with van der Waals surface area (Å²) in [4.78, 5) is 15.9. The van der Waals surface area contributed by atoms with Crippen molar-refractivity contribution in [2.24, 2.45) is 0 Å². The topological polar surface area (TPSA) is 55.1 Å². The van der Waals surface area contributed by atoms with Gasteiger partial charge < -0.3 is 9.73 Å². The zero-order chi connectivity index (χ0) is 11.4. The summed E-state index contributed by atoms with van der Waals surface area (Å²) in [6, 6.07) is 3.29. The van der Waals surface area contributed by atoms with Crippen molar-refractivity contribution in [1.29, 1.82) is 0 Å². The Balaban J connectivity index is 2.05. The predicted octanol–water partition coefficient (Wildman–Crippen LogP) is 2.62. The molecule has 1 unspecified atom stereocenters. The Labute approximate surface area is 97.3 Å². The Morgan fingerprint density at radius 1 is 1.69 bits per heavy atom. The Kier molecular flexibility index (Phi) is 3.36. The van der Waals surface area contributed by atoms with E-state index >= 15 is 0 Å². The zero-order valence-corrected chi connectivity index (χ0v) is 9.66. The second-order valence-corrected chi connectivity index (χ2v) is 4.21. The second kappa shape index (κ2) is 4.94. The molecule has 0 radical (unpaired) electrons. The molecule has 5 heteroatoms. The molecule has 0 aliphatic heterocycles. The lowest BCUT2D eigenvalue weighted by Gasteiger charge is -2.12. The van der Waals surface area contributed by atoms with Gasteiger partial charge in [0.05, 0.1) is 12.3 Å². The second-order valence-electron chi connectivity index (χ2n) is 3.28. The third kappa shape index (κ3) is 2.30. The lowest BCUT2D eigenvalue weighted by atomic mass is 10.2. The molecule has 2 aromatic rings. The summed E-state index contributed by atoms with van der Waals surface area (Å²) in [6.07, 6.45) is 4.03. The molecule has 2 heterocycles. The van der Waals surface area contributed by atoms with Crippen molar-refractivity contribution >= 4 is 17.2 Å². The van der Waals surface area contributed by atoms with E-state index in [1.165, 1.54) is 17.6 Å². The number of carbonyl (C=O) groups is 1. The molecule has 1 atom stereocenters. The van der Waals surface area contributed by atoms with Crippen molar-refractivity contribution in [3.05, 3.63) is 40.7 Å². The van der Waals surface area contributed by atoms with Gasteiger partial charge in [0.25, 0.3) is 5.91 Å². The molecule has 0 spiro atoms. The van der Waals surface area contributed by atoms with Gasteiger partial charge in [0, 0.05) is 11.6 Å². The van der Waals surface area contributed by atoms with Crippen LogP contribution in [-0.4, -0.2) is 10.9 Å². The number of rotatable bonds is 4. The van der Waals surface area contributed by atoms with Gasteiger partial charge >= 0.3 is 0 Å². The molecular weight excluding hydrogens is 224 g/mol. The van der Waals surface area contributed by atoms with Crippen LogP contribution in [0, 0.1) is 0 Å². The van der Waals surface area contributed by atoms with Gasteiger partial charge in [0.1, 0.15) is 5.01 Å². The molecule has 2 aromatic heterocycles. The molecule has 1 amide bonds. The molecule has 0 saturated carbocycles. The van der Waals surface area contributed by atoms with E-state index in [9.17, 15) is 4.79 Å². The molecule has 0 saturated heterocycles. The van der Waals surface area contributed by atoms with Crippen molar-refractivity contribution in [2.75, 3.05) is 0 Å². The average molecular weight is 236 g/mol. The highest BCUT2D eigenvalue weighted by molar-refractivity contribution is 7.09. The highest BCUT2D eigenvalue weighted by Crippen LogP contribution is 2.19. The quantitative estimate of drug-likeness (QED) is 0.887. The van der Waals surface area contributed by atoms with E-state index in [0.717, 1.165) is 11.4 Å². The molecule has 2 rings (SSSR count). The highest BCUT2D eigenvalue weighted by Gasteiger charge is 2.17. The molecule has 1 N–H and O–H groups in total. The minimum Gasteiger partial charge on any atom is -0.459 e. The first-order chi connectivity index (χ1) is 7.81. The van der Waals surface area contributed by atoms with E-state index in [1.807, 2.05) is 12.3 Å². The van der Waals surface area contributed by atoms with Gasteiger partial charge in [-0.05, 0) is 18.6 Å². The lowest BCUT2D eigenvalue weighted by Crippen LogP contribution is -2.27. The number of nitrogens with zero attached hydrogens (tertiary/aromatic N) is 1. The fraction of sp³-hybridized carbons (Fsp3) is 0.273. The SMILES string of the molecule is CCC(NC(=O)c1ccco1)c1nccs1. The van der Waals surface area contributed by atoms with Crippen LogP contribution in [0.15, 0.2) is 34.4 Å². The first-order valence-electron chi connectivity index (χ1n) is 5.05. The highest BCUT2D eigenvalue weighted by atomic mass is 32.1. The molecule has 0 aliphatic carbocycles. The van der Waals surface area contributed by atoms with Crippen LogP contribution in [0.2, 0.25) is 0 Å². The molecule has 84 valence electrons. The lowest BCUT2D eigenvalue weighted by molar-refractivity contribution is 0.0907. The van der Waals surface area contributed by atoms with Crippen LogP contribution >= 0.6 is 11.3 Å². The normalized spacial score (nSPS) is 12.3. The van der Waals surface area contributed by atoms with E-state index in [4.69, 9.17) is 4.42 Å². The Morgan fingerprint density at radius 2 is 2.56 bits per heavy atom. The van der Waals surface area contributed by atoms with Crippen LogP contribution in [0.1, 0.15) is 34.9 Å². The maximum absolute atomic E-state index is 11.7. The minimum absolute atomic E-state index is 0.0439. The third-order valence-corrected chi connectivity index (χ3v) is 3.10. The average Bonchev–Trinajstić information content (AvgIpc) is 2.96. The molecule has 0 fully saturated rings. The van der Waals surface area contributed by atoms with Gasteiger partial charge in [0.15, 0.2) is 5.76 Å². The van der Waals surface area contributed by atoms with Crippen LogP contribution in [0.25, 0.3) is 0 Å². The Bertz CT molecular complexity index is 437. The zero-order valence-electron chi connectivity index (χ0n) is 8.84. The summed E-state index contributed by atoms with van der Waals surface area (Å²) in [5, 5.41) is 5.71. The van der Waals surface area contributed by atoms with Crippen molar-refractivity contribution in [3.63, 3.8) is 0 Å². The van der Waals surface area contributed by atoms with E-state index in [1.54, 1.807) is 18.3 Å². The van der Waals surface area contributed by atoms with E-state index in [0.29, 0.717) is 5.76 Å². The molecule has 16 heavy (non-hydrogen) atoms. The smallest absolute Gasteiger partial charge is 0.287 e. The van der Waals surface area contributed by atoms with Gasteiger partial charge in [-0.15, -0.1) is 11.3 Å². The van der Waals surface area contributed by atoms with Crippen LogP contribution in [0.3, 0.4) is 0 Å². The predicted molar refractivity (Wildman–Crippen MR) is 61.3 cm³/mol. The largest absolute Gasteiger partial charge is 0.459 e. The van der Waals surface area contributed by atoms with Crippen molar-refractivity contribution in [3.8, 4) is 0 Å². The minimum atomic E-state index is -0.202. The van der Waals surface area contributed by atoms with Gasteiger partial charge in [-0.3, -0.25) is 4.79 Å². The Hall–Kier alpha value is -1.62. The number of thiazole rings is 1. The summed E-state index contributed by atoms with van der Waals surface area (Å²) >= 11 is 1.54. The van der Waals surface area contributed by atoms with Crippen LogP contribution < -0.4 is 5.32 Å². The molecular formula is C11H12N2O2S. The number of carbonyl (C=O) groups excluding carboxylic acids is 1. The third-order valence-electron chi connectivity index (χ3n) is 2.21. The summed E-state index contributed by atoms with van der Waals surface area (Å²) in [5.41, 5.74) is 0. The fourth-order valence-corrected chi connectivity index (χ4v) is 2.15. The summed E-state index contributed by atoms with van der Waals surface area (Å²) in [5.74, 6) is 0.127. The summed E-state index contributed by atoms with van der Waals surface area (Å²) in [7, 11) is 0. The standard InChI is InChI=1S/C11H12N2O2S/c1-2-8(11-12-5-7-16-11)13-10(14)9-4-3-6-15-9/h3-8H,2H2,1H3,(H,13,14). The van der Waals surface area contributed by atoms with Gasteiger partial charge in [-0.25, -0.2) is 4.98 Å². The van der Waals surface area contributed by atoms with Gasteiger partial charge in [0.2, 0.25) is 0 Å². The number of hydrogen-bond donors (Lipinski definition) is 1. The van der Waals surface area contributed by atoms with Crippen LogP contribution in [-0.2, 0) is 0 Å². The number of furan rings is 1. The van der Waals surface area contributed by atoms with Gasteiger partial charge in [-0.1, -0.05) is 6.92 Å². The molecule has 4 nitrogen and oxygen atoms in total. The van der Waals surface area contributed by atoms with Crippen molar-refractivity contribution in [2.45, 2.75) is 19.4 Å². The maximum atomic E-state index is 11.7. The Morgan fingerprint density at radius 3 is 3.12 bits per heavy atom. The molecule has 0 bridgehead atoms. The first kappa shape index (κ1) is 10.9. The monoisotopic (exact) mass is 236 g/mol. The van der Waals surface area contributed by atoms with E-state index in [2.05, 4.69) is 10.3 Å². The van der Waals surface area contributed by atoms with Crippen LogP contribution in [0.4, 0.5) is 0 Å². The van der Waals surface area contributed by atoms with E-state index in [-0.39, 0.29) is 11.9 Å². The van der Waals surface area contributed by atoms with Crippen molar-refractivity contribution < 1.29 is 9.21 Å². The summed E-state index contributed by atoms with van der Waals surface area (Å²) in [6.45, 7) is 2.01. The van der Waals surface area contributed by atoms with E-state index < -0.39 is 0 Å². The number of nitrogens with one attached hydrogen (secondary N) is 1. The fourth-order valence-electron chi connectivity index (χ4n) is 1.38. The van der Waals surface area contributed by atoms with Gasteiger partial charge in [-0.2, -0.15) is 0 Å². The first-order valence-corrected chi connectivity index (χ1v) is 5.93. The summed E-state index contributed by atoms with van der Waals surface area (Å²) < 4.78 is 5.03. The van der Waals surface area contributed by atoms with Crippen molar-refractivity contribution in [1.82, 2.24) is 10.3 Å². The molecule has 0 aromatic carbocycles. The van der Waals surface area contributed by atoms with Crippen LogP contribution in [0.5, 0.6) is 0 Å². The number of amides is 1. The molecule has 0 aliphatic rings. The maximum Gasteiger partial charge on any atom is 0.287 e. The number of aromatic nitrogens is 1.